The summed E-state index contributed by atoms with van der Waals surface area (Å²) in [7, 11) is 3.42. The molecule has 0 bridgehead atoms. The Morgan fingerprint density at radius 2 is 2.00 bits per heavy atom. The number of amides is 1. The SMILES string of the molecule is COc1cccc(-c2cc(C(=O)N3CCC(Oc4ccncn4)CC3)n(C)n2)c1. The summed E-state index contributed by atoms with van der Waals surface area (Å²) in [4.78, 5) is 22.9. The lowest BCUT2D eigenvalue weighted by Gasteiger charge is -2.31. The lowest BCUT2D eigenvalue weighted by atomic mass is 10.1. The number of rotatable bonds is 5. The van der Waals surface area contributed by atoms with Crippen molar-refractivity contribution >= 4 is 5.91 Å². The smallest absolute Gasteiger partial charge is 0.272 e. The van der Waals surface area contributed by atoms with Crippen LogP contribution in [0.15, 0.2) is 48.9 Å². The lowest BCUT2D eigenvalue weighted by Crippen LogP contribution is -2.42. The Morgan fingerprint density at radius 1 is 1.17 bits per heavy atom. The highest BCUT2D eigenvalue weighted by Crippen LogP contribution is 2.25. The molecule has 0 aliphatic carbocycles. The molecule has 8 nitrogen and oxygen atoms in total. The Labute approximate surface area is 169 Å². The predicted octanol–water partition coefficient (Wildman–Crippen LogP) is 2.57. The van der Waals surface area contributed by atoms with Gasteiger partial charge in [0, 0.05) is 50.8 Å². The highest BCUT2D eigenvalue weighted by molar-refractivity contribution is 5.93. The number of aryl methyl sites for hydroxylation is 1. The van der Waals surface area contributed by atoms with Crippen LogP contribution in [0.5, 0.6) is 11.6 Å². The van der Waals surface area contributed by atoms with Crippen molar-refractivity contribution in [2.75, 3.05) is 20.2 Å². The van der Waals surface area contributed by atoms with Crippen LogP contribution in [0.2, 0.25) is 0 Å². The van der Waals surface area contributed by atoms with Gasteiger partial charge in [-0.2, -0.15) is 5.10 Å². The van der Waals surface area contributed by atoms with Crippen LogP contribution in [0, 0.1) is 0 Å². The van der Waals surface area contributed by atoms with Crippen molar-refractivity contribution in [3.63, 3.8) is 0 Å². The number of methoxy groups -OCH3 is 1. The van der Waals surface area contributed by atoms with Crippen LogP contribution >= 0.6 is 0 Å². The molecule has 0 atom stereocenters. The van der Waals surface area contributed by atoms with E-state index in [1.165, 1.54) is 6.33 Å². The molecule has 0 spiro atoms. The monoisotopic (exact) mass is 393 g/mol. The summed E-state index contributed by atoms with van der Waals surface area (Å²) in [5.41, 5.74) is 2.23. The molecule has 0 unspecified atom stereocenters. The number of carbonyl (C=O) groups excluding carboxylic acids is 1. The van der Waals surface area contributed by atoms with E-state index in [0.717, 1.165) is 29.8 Å². The number of nitrogens with zero attached hydrogens (tertiary/aromatic N) is 5. The molecule has 2 aromatic heterocycles. The minimum absolute atomic E-state index is 0.0189. The lowest BCUT2D eigenvalue weighted by molar-refractivity contribution is 0.0578. The number of piperidine rings is 1. The Hall–Kier alpha value is -3.42. The fourth-order valence-corrected chi connectivity index (χ4v) is 3.45. The number of hydrogen-bond acceptors (Lipinski definition) is 6. The van der Waals surface area contributed by atoms with E-state index in [1.54, 1.807) is 31.1 Å². The van der Waals surface area contributed by atoms with Crippen molar-refractivity contribution in [1.29, 1.82) is 0 Å². The molecule has 1 saturated heterocycles. The molecule has 1 aromatic carbocycles. The van der Waals surface area contributed by atoms with Crippen molar-refractivity contribution in [2.45, 2.75) is 18.9 Å². The molecule has 29 heavy (non-hydrogen) atoms. The Kier molecular flexibility index (Phi) is 5.41. The van der Waals surface area contributed by atoms with Crippen LogP contribution in [-0.4, -0.2) is 56.9 Å². The third kappa shape index (κ3) is 4.21. The summed E-state index contributed by atoms with van der Waals surface area (Å²) in [6.45, 7) is 1.27. The maximum absolute atomic E-state index is 13.0. The second-order valence-electron chi connectivity index (χ2n) is 6.93. The van der Waals surface area contributed by atoms with Crippen LogP contribution < -0.4 is 9.47 Å². The topological polar surface area (TPSA) is 82.4 Å². The Morgan fingerprint density at radius 3 is 2.72 bits per heavy atom. The van der Waals surface area contributed by atoms with Gasteiger partial charge in [0.25, 0.3) is 5.91 Å². The van der Waals surface area contributed by atoms with Gasteiger partial charge in [0.05, 0.1) is 12.8 Å². The van der Waals surface area contributed by atoms with E-state index in [4.69, 9.17) is 9.47 Å². The molecule has 1 fully saturated rings. The highest BCUT2D eigenvalue weighted by Gasteiger charge is 2.27. The van der Waals surface area contributed by atoms with Gasteiger partial charge in [0.1, 0.15) is 23.9 Å². The normalized spacial score (nSPS) is 14.6. The molecule has 0 saturated carbocycles. The van der Waals surface area contributed by atoms with E-state index < -0.39 is 0 Å². The van der Waals surface area contributed by atoms with Gasteiger partial charge >= 0.3 is 0 Å². The van der Waals surface area contributed by atoms with E-state index >= 15 is 0 Å². The van der Waals surface area contributed by atoms with Crippen molar-refractivity contribution in [3.05, 3.63) is 54.6 Å². The summed E-state index contributed by atoms with van der Waals surface area (Å²) < 4.78 is 12.8. The zero-order valence-electron chi connectivity index (χ0n) is 16.5. The zero-order valence-corrected chi connectivity index (χ0v) is 16.5. The number of aromatic nitrogens is 4. The first-order chi connectivity index (χ1) is 14.1. The maximum Gasteiger partial charge on any atom is 0.272 e. The second-order valence-corrected chi connectivity index (χ2v) is 6.93. The van der Waals surface area contributed by atoms with Crippen molar-refractivity contribution < 1.29 is 14.3 Å². The van der Waals surface area contributed by atoms with E-state index in [9.17, 15) is 4.79 Å². The molecule has 1 aliphatic heterocycles. The van der Waals surface area contributed by atoms with Gasteiger partial charge in [0.15, 0.2) is 0 Å². The van der Waals surface area contributed by atoms with Gasteiger partial charge in [-0.15, -0.1) is 0 Å². The van der Waals surface area contributed by atoms with E-state index in [-0.39, 0.29) is 12.0 Å². The van der Waals surface area contributed by atoms with Gasteiger partial charge in [-0.1, -0.05) is 12.1 Å². The number of hydrogen-bond donors (Lipinski definition) is 0. The van der Waals surface area contributed by atoms with Crippen molar-refractivity contribution in [1.82, 2.24) is 24.6 Å². The summed E-state index contributed by atoms with van der Waals surface area (Å²) in [5.74, 6) is 1.31. The van der Waals surface area contributed by atoms with Crippen LogP contribution in [0.25, 0.3) is 11.3 Å². The fraction of sp³-hybridized carbons (Fsp3) is 0.333. The van der Waals surface area contributed by atoms with Gasteiger partial charge in [-0.3, -0.25) is 9.48 Å². The van der Waals surface area contributed by atoms with Crippen molar-refractivity contribution in [2.24, 2.45) is 7.05 Å². The van der Waals surface area contributed by atoms with Gasteiger partial charge < -0.3 is 14.4 Å². The van der Waals surface area contributed by atoms with Crippen LogP contribution in [0.3, 0.4) is 0 Å². The maximum atomic E-state index is 13.0. The number of benzene rings is 1. The van der Waals surface area contributed by atoms with E-state index in [1.807, 2.05) is 35.2 Å². The minimum Gasteiger partial charge on any atom is -0.497 e. The minimum atomic E-state index is -0.0189. The molecule has 8 heteroatoms. The molecular formula is C21H23N5O3. The van der Waals surface area contributed by atoms with Crippen molar-refractivity contribution in [3.8, 4) is 22.9 Å². The average Bonchev–Trinajstić information content (AvgIpc) is 3.16. The first-order valence-corrected chi connectivity index (χ1v) is 9.54. The number of ether oxygens (including phenoxy) is 2. The fourth-order valence-electron chi connectivity index (χ4n) is 3.45. The first kappa shape index (κ1) is 18.9. The average molecular weight is 393 g/mol. The molecule has 150 valence electrons. The first-order valence-electron chi connectivity index (χ1n) is 9.54. The van der Waals surface area contributed by atoms with Crippen LogP contribution in [-0.2, 0) is 7.05 Å². The van der Waals surface area contributed by atoms with Crippen LogP contribution in [0.1, 0.15) is 23.3 Å². The summed E-state index contributed by atoms with van der Waals surface area (Å²) in [6.07, 6.45) is 4.69. The second kappa shape index (κ2) is 8.30. The summed E-state index contributed by atoms with van der Waals surface area (Å²) in [5, 5.41) is 4.52. The third-order valence-electron chi connectivity index (χ3n) is 5.04. The highest BCUT2D eigenvalue weighted by atomic mass is 16.5. The standard InChI is InChI=1S/C21H23N5O3/c1-25-19(13-18(24-25)15-4-3-5-17(12-15)28-2)21(27)26-10-7-16(8-11-26)29-20-6-9-22-14-23-20/h3-6,9,12-14,16H,7-8,10-11H2,1-2H3. The molecular weight excluding hydrogens is 370 g/mol. The number of carbonyl (C=O) groups is 1. The van der Waals surface area contributed by atoms with Gasteiger partial charge in [-0.25, -0.2) is 9.97 Å². The van der Waals surface area contributed by atoms with Crippen LogP contribution in [0.4, 0.5) is 0 Å². The number of likely N-dealkylation sites (tertiary alicyclic amines) is 1. The molecule has 0 radical (unpaired) electrons. The molecule has 0 N–H and O–H groups in total. The molecule has 3 aromatic rings. The zero-order chi connectivity index (χ0) is 20.2. The largest absolute Gasteiger partial charge is 0.497 e. The molecule has 1 amide bonds. The summed E-state index contributed by atoms with van der Waals surface area (Å²) >= 11 is 0. The van der Waals surface area contributed by atoms with Gasteiger partial charge in [-0.05, 0) is 18.2 Å². The quantitative estimate of drug-likeness (QED) is 0.663. The molecule has 1 aliphatic rings. The van der Waals surface area contributed by atoms with E-state index in [2.05, 4.69) is 15.1 Å². The Bertz CT molecular complexity index is 981. The molecule has 3 heterocycles. The predicted molar refractivity (Wildman–Crippen MR) is 107 cm³/mol. The Balaban J connectivity index is 1.42. The summed E-state index contributed by atoms with van der Waals surface area (Å²) in [6, 6.07) is 11.2. The van der Waals surface area contributed by atoms with Gasteiger partial charge in [0.2, 0.25) is 5.88 Å². The van der Waals surface area contributed by atoms with E-state index in [0.29, 0.717) is 24.7 Å². The third-order valence-corrected chi connectivity index (χ3v) is 5.04. The molecule has 4 rings (SSSR count).